The number of carbonyl (C=O) groups is 1. The summed E-state index contributed by atoms with van der Waals surface area (Å²) in [4.78, 5) is 14.1. The van der Waals surface area contributed by atoms with E-state index in [1.165, 1.54) is 0 Å². The fraction of sp³-hybridized carbons (Fsp3) is 0.579. The van der Waals surface area contributed by atoms with Crippen LogP contribution in [0.2, 0.25) is 0 Å². The van der Waals surface area contributed by atoms with Gasteiger partial charge in [-0.1, -0.05) is 12.1 Å². The smallest absolute Gasteiger partial charge is 0.410 e. The molecule has 24 heavy (non-hydrogen) atoms. The molecule has 1 aromatic rings. The SMILES string of the molecule is CC(NCC1CCCN1C(=O)OC(C)(C)C)c1ccc(C#N)cc1. The van der Waals surface area contributed by atoms with Gasteiger partial charge in [-0.25, -0.2) is 4.79 Å². The molecule has 0 aromatic heterocycles. The molecular formula is C19H27N3O2. The van der Waals surface area contributed by atoms with E-state index in [0.29, 0.717) is 5.56 Å². The van der Waals surface area contributed by atoms with E-state index in [1.807, 2.05) is 49.9 Å². The number of likely N-dealkylation sites (tertiary alicyclic amines) is 1. The molecule has 130 valence electrons. The number of carbonyl (C=O) groups excluding carboxylic acids is 1. The molecule has 1 amide bonds. The molecule has 5 nitrogen and oxygen atoms in total. The van der Waals surface area contributed by atoms with Gasteiger partial charge in [-0.3, -0.25) is 0 Å². The summed E-state index contributed by atoms with van der Waals surface area (Å²) < 4.78 is 5.50. The fourth-order valence-electron chi connectivity index (χ4n) is 2.89. The van der Waals surface area contributed by atoms with Crippen LogP contribution in [0.5, 0.6) is 0 Å². The first-order chi connectivity index (χ1) is 11.3. The standard InChI is InChI=1S/C19H27N3O2/c1-14(16-9-7-15(12-20)8-10-16)21-13-17-6-5-11-22(17)18(23)24-19(2,3)4/h7-10,14,17,21H,5-6,11,13H2,1-4H3. The lowest BCUT2D eigenvalue weighted by Crippen LogP contribution is -2.44. The van der Waals surface area contributed by atoms with E-state index in [9.17, 15) is 4.79 Å². The van der Waals surface area contributed by atoms with Gasteiger partial charge in [-0.15, -0.1) is 0 Å². The molecule has 1 aromatic carbocycles. The van der Waals surface area contributed by atoms with Crippen molar-refractivity contribution in [3.8, 4) is 6.07 Å². The van der Waals surface area contributed by atoms with Crippen LogP contribution in [0.25, 0.3) is 0 Å². The molecule has 0 bridgehead atoms. The van der Waals surface area contributed by atoms with Gasteiger partial charge >= 0.3 is 6.09 Å². The average Bonchev–Trinajstić information content (AvgIpc) is 2.99. The number of benzene rings is 1. The van der Waals surface area contributed by atoms with Crippen molar-refractivity contribution in [1.82, 2.24) is 10.2 Å². The number of hydrogen-bond acceptors (Lipinski definition) is 4. The number of hydrogen-bond donors (Lipinski definition) is 1. The topological polar surface area (TPSA) is 65.4 Å². The maximum Gasteiger partial charge on any atom is 0.410 e. The van der Waals surface area contributed by atoms with E-state index in [2.05, 4.69) is 18.3 Å². The summed E-state index contributed by atoms with van der Waals surface area (Å²) in [7, 11) is 0. The zero-order chi connectivity index (χ0) is 17.7. The molecule has 0 radical (unpaired) electrons. The molecule has 2 unspecified atom stereocenters. The maximum absolute atomic E-state index is 12.3. The van der Waals surface area contributed by atoms with Crippen molar-refractivity contribution in [1.29, 1.82) is 5.26 Å². The van der Waals surface area contributed by atoms with Crippen LogP contribution < -0.4 is 5.32 Å². The van der Waals surface area contributed by atoms with Gasteiger partial charge in [0.1, 0.15) is 5.60 Å². The van der Waals surface area contributed by atoms with Gasteiger partial charge in [-0.2, -0.15) is 5.26 Å². The van der Waals surface area contributed by atoms with Crippen LogP contribution in [0.1, 0.15) is 57.7 Å². The number of nitriles is 1. The minimum Gasteiger partial charge on any atom is -0.444 e. The highest BCUT2D eigenvalue weighted by Gasteiger charge is 2.32. The summed E-state index contributed by atoms with van der Waals surface area (Å²) in [6.45, 7) is 9.25. The Kier molecular flexibility index (Phi) is 5.84. The lowest BCUT2D eigenvalue weighted by molar-refractivity contribution is 0.0225. The molecule has 1 saturated heterocycles. The average molecular weight is 329 g/mol. The lowest BCUT2D eigenvalue weighted by atomic mass is 10.1. The van der Waals surface area contributed by atoms with Gasteiger partial charge in [-0.05, 0) is 58.2 Å². The maximum atomic E-state index is 12.3. The van der Waals surface area contributed by atoms with Crippen molar-refractivity contribution >= 4 is 6.09 Å². The van der Waals surface area contributed by atoms with Crippen molar-refractivity contribution < 1.29 is 9.53 Å². The van der Waals surface area contributed by atoms with Crippen LogP contribution in [-0.4, -0.2) is 35.7 Å². The van der Waals surface area contributed by atoms with Gasteiger partial charge in [0.15, 0.2) is 0 Å². The van der Waals surface area contributed by atoms with E-state index < -0.39 is 5.60 Å². The number of amides is 1. The Hall–Kier alpha value is -2.06. The summed E-state index contributed by atoms with van der Waals surface area (Å²) in [6.07, 6.45) is 1.78. The number of ether oxygens (including phenoxy) is 1. The van der Waals surface area contributed by atoms with Crippen molar-refractivity contribution in [3.05, 3.63) is 35.4 Å². The summed E-state index contributed by atoms with van der Waals surface area (Å²) >= 11 is 0. The molecule has 0 spiro atoms. The van der Waals surface area contributed by atoms with Crippen molar-refractivity contribution in [2.75, 3.05) is 13.1 Å². The molecule has 2 rings (SSSR count). The molecule has 1 fully saturated rings. The Labute approximate surface area is 144 Å². The molecule has 0 aliphatic carbocycles. The van der Waals surface area contributed by atoms with Crippen LogP contribution in [0, 0.1) is 11.3 Å². The predicted molar refractivity (Wildman–Crippen MR) is 93.5 cm³/mol. The number of nitrogens with one attached hydrogen (secondary N) is 1. The molecule has 0 saturated carbocycles. The van der Waals surface area contributed by atoms with Gasteiger partial charge in [0.2, 0.25) is 0 Å². The third kappa shape index (κ3) is 4.97. The number of rotatable bonds is 4. The van der Waals surface area contributed by atoms with E-state index in [0.717, 1.165) is 31.5 Å². The lowest BCUT2D eigenvalue weighted by Gasteiger charge is -2.29. The second-order valence-corrected chi connectivity index (χ2v) is 7.33. The zero-order valence-electron chi connectivity index (χ0n) is 15.0. The zero-order valence-corrected chi connectivity index (χ0v) is 15.0. The highest BCUT2D eigenvalue weighted by Crippen LogP contribution is 2.21. The minimum absolute atomic E-state index is 0.166. The summed E-state index contributed by atoms with van der Waals surface area (Å²) in [5.74, 6) is 0. The summed E-state index contributed by atoms with van der Waals surface area (Å²) in [5, 5.41) is 12.4. The Balaban J connectivity index is 1.90. The Morgan fingerprint density at radius 1 is 1.42 bits per heavy atom. The van der Waals surface area contributed by atoms with Gasteiger partial charge < -0.3 is 15.0 Å². The highest BCUT2D eigenvalue weighted by molar-refractivity contribution is 5.69. The molecule has 1 aliphatic rings. The first kappa shape index (κ1) is 18.3. The third-order valence-electron chi connectivity index (χ3n) is 4.20. The molecule has 5 heteroatoms. The van der Waals surface area contributed by atoms with Crippen molar-refractivity contribution in [2.45, 2.75) is 58.2 Å². The number of nitrogens with zero attached hydrogens (tertiary/aromatic N) is 2. The van der Waals surface area contributed by atoms with Crippen LogP contribution in [-0.2, 0) is 4.74 Å². The highest BCUT2D eigenvalue weighted by atomic mass is 16.6. The molecule has 1 N–H and O–H groups in total. The second kappa shape index (κ2) is 7.67. The van der Waals surface area contributed by atoms with Crippen LogP contribution in [0.15, 0.2) is 24.3 Å². The van der Waals surface area contributed by atoms with Crippen LogP contribution in [0.3, 0.4) is 0 Å². The molecular weight excluding hydrogens is 302 g/mol. The first-order valence-electron chi connectivity index (χ1n) is 8.53. The predicted octanol–water partition coefficient (Wildman–Crippen LogP) is 3.61. The van der Waals surface area contributed by atoms with Gasteiger partial charge in [0.05, 0.1) is 11.6 Å². The normalized spacial score (nSPS) is 19.0. The first-order valence-corrected chi connectivity index (χ1v) is 8.53. The van der Waals surface area contributed by atoms with Gasteiger partial charge in [0.25, 0.3) is 0 Å². The Bertz CT molecular complexity index is 599. The van der Waals surface area contributed by atoms with Crippen molar-refractivity contribution in [3.63, 3.8) is 0 Å². The van der Waals surface area contributed by atoms with Crippen LogP contribution >= 0.6 is 0 Å². The Morgan fingerprint density at radius 3 is 2.67 bits per heavy atom. The Morgan fingerprint density at radius 2 is 2.08 bits per heavy atom. The molecule has 2 atom stereocenters. The second-order valence-electron chi connectivity index (χ2n) is 7.33. The largest absolute Gasteiger partial charge is 0.444 e. The summed E-state index contributed by atoms with van der Waals surface area (Å²) in [5.41, 5.74) is 1.33. The molecule has 1 heterocycles. The van der Waals surface area contributed by atoms with Crippen molar-refractivity contribution in [2.24, 2.45) is 0 Å². The van der Waals surface area contributed by atoms with E-state index in [-0.39, 0.29) is 18.2 Å². The van der Waals surface area contributed by atoms with E-state index in [1.54, 1.807) is 0 Å². The molecule has 1 aliphatic heterocycles. The van der Waals surface area contributed by atoms with Gasteiger partial charge in [0, 0.05) is 25.2 Å². The van der Waals surface area contributed by atoms with Crippen LogP contribution in [0.4, 0.5) is 4.79 Å². The van der Waals surface area contributed by atoms with E-state index in [4.69, 9.17) is 10.00 Å². The summed E-state index contributed by atoms with van der Waals surface area (Å²) in [6, 6.07) is 10.1. The minimum atomic E-state index is -0.465. The quantitative estimate of drug-likeness (QED) is 0.916. The third-order valence-corrected chi connectivity index (χ3v) is 4.20. The van der Waals surface area contributed by atoms with E-state index >= 15 is 0 Å². The monoisotopic (exact) mass is 329 g/mol. The fourth-order valence-corrected chi connectivity index (χ4v) is 2.89.